The number of nitro groups is 1. The van der Waals surface area contributed by atoms with E-state index in [0.29, 0.717) is 29.4 Å². The number of aryl methyl sites for hydroxylation is 1. The van der Waals surface area contributed by atoms with Gasteiger partial charge in [0.1, 0.15) is 5.75 Å². The zero-order valence-corrected chi connectivity index (χ0v) is 18.1. The van der Waals surface area contributed by atoms with Crippen LogP contribution in [0.1, 0.15) is 36.8 Å². The summed E-state index contributed by atoms with van der Waals surface area (Å²) in [5.41, 5.74) is 4.35. The fourth-order valence-corrected chi connectivity index (χ4v) is 3.51. The number of rotatable bonds is 7. The molecular formula is C25H23N3O4. The first-order valence-corrected chi connectivity index (χ1v) is 10.4. The highest BCUT2D eigenvalue weighted by molar-refractivity contribution is 5.65. The third kappa shape index (κ3) is 4.37. The predicted octanol–water partition coefficient (Wildman–Crippen LogP) is 6.17. The SMILES string of the molecule is CCOc1ccc(-c2cccc(C(C)c3nc(-c4ccc(C)c([N+](=O)[O-])c4)no3)c2)cc1. The van der Waals surface area contributed by atoms with E-state index in [0.717, 1.165) is 22.4 Å². The van der Waals surface area contributed by atoms with Gasteiger partial charge in [-0.25, -0.2) is 0 Å². The first-order chi connectivity index (χ1) is 15.5. The van der Waals surface area contributed by atoms with Gasteiger partial charge in [0.25, 0.3) is 5.69 Å². The third-order valence-electron chi connectivity index (χ3n) is 5.36. The molecule has 1 atom stereocenters. The van der Waals surface area contributed by atoms with Gasteiger partial charge in [0.15, 0.2) is 0 Å². The molecular weight excluding hydrogens is 406 g/mol. The van der Waals surface area contributed by atoms with Crippen molar-refractivity contribution in [1.29, 1.82) is 0 Å². The highest BCUT2D eigenvalue weighted by Crippen LogP contribution is 2.31. The molecule has 4 rings (SSSR count). The van der Waals surface area contributed by atoms with Gasteiger partial charge in [0.2, 0.25) is 11.7 Å². The summed E-state index contributed by atoms with van der Waals surface area (Å²) in [7, 11) is 0. The summed E-state index contributed by atoms with van der Waals surface area (Å²) in [6.07, 6.45) is 0. The molecule has 0 aliphatic rings. The molecule has 3 aromatic carbocycles. The zero-order valence-electron chi connectivity index (χ0n) is 18.1. The van der Waals surface area contributed by atoms with E-state index < -0.39 is 4.92 Å². The second-order valence-corrected chi connectivity index (χ2v) is 7.52. The van der Waals surface area contributed by atoms with Gasteiger partial charge in [-0.2, -0.15) is 4.98 Å². The van der Waals surface area contributed by atoms with Crippen LogP contribution in [0.2, 0.25) is 0 Å². The molecule has 0 saturated carbocycles. The van der Waals surface area contributed by atoms with Crippen LogP contribution >= 0.6 is 0 Å². The maximum absolute atomic E-state index is 11.2. The van der Waals surface area contributed by atoms with Crippen LogP contribution in [0.15, 0.2) is 71.3 Å². The Bertz CT molecular complexity index is 1250. The Balaban J connectivity index is 1.59. The van der Waals surface area contributed by atoms with Crippen LogP contribution in [0.5, 0.6) is 5.75 Å². The van der Waals surface area contributed by atoms with E-state index in [1.807, 2.05) is 50.2 Å². The maximum atomic E-state index is 11.2. The Morgan fingerprint density at radius 2 is 1.78 bits per heavy atom. The molecule has 0 N–H and O–H groups in total. The fourth-order valence-electron chi connectivity index (χ4n) is 3.51. The van der Waals surface area contributed by atoms with Crippen molar-refractivity contribution in [3.63, 3.8) is 0 Å². The smallest absolute Gasteiger partial charge is 0.273 e. The molecule has 0 saturated heterocycles. The monoisotopic (exact) mass is 429 g/mol. The van der Waals surface area contributed by atoms with Gasteiger partial charge in [0, 0.05) is 17.2 Å². The molecule has 0 fully saturated rings. The number of nitrogens with zero attached hydrogens (tertiary/aromatic N) is 3. The van der Waals surface area contributed by atoms with Crippen LogP contribution in [0, 0.1) is 17.0 Å². The molecule has 0 radical (unpaired) electrons. The van der Waals surface area contributed by atoms with Crippen LogP contribution in [-0.2, 0) is 0 Å². The standard InChI is InChI=1S/C25H23N3O4/c1-4-31-22-12-10-18(11-13-22)20-7-5-6-19(14-20)17(3)25-26-24(27-32-25)21-9-8-16(2)23(15-21)28(29)30/h5-15,17H,4H2,1-3H3. The summed E-state index contributed by atoms with van der Waals surface area (Å²) < 4.78 is 11.0. The zero-order chi connectivity index (χ0) is 22.7. The number of aromatic nitrogens is 2. The minimum Gasteiger partial charge on any atom is -0.494 e. The number of hydrogen-bond acceptors (Lipinski definition) is 6. The Labute approximate surface area is 185 Å². The Morgan fingerprint density at radius 1 is 1.03 bits per heavy atom. The summed E-state index contributed by atoms with van der Waals surface area (Å²) in [5, 5.41) is 15.3. The van der Waals surface area contributed by atoms with Crippen LogP contribution in [0.3, 0.4) is 0 Å². The molecule has 1 unspecified atom stereocenters. The van der Waals surface area contributed by atoms with Gasteiger partial charge < -0.3 is 9.26 Å². The first-order valence-electron chi connectivity index (χ1n) is 10.4. The van der Waals surface area contributed by atoms with E-state index in [4.69, 9.17) is 9.26 Å². The minimum atomic E-state index is -0.408. The molecule has 7 nitrogen and oxygen atoms in total. The van der Waals surface area contributed by atoms with Gasteiger partial charge in [-0.15, -0.1) is 0 Å². The van der Waals surface area contributed by atoms with Crippen molar-refractivity contribution >= 4 is 5.69 Å². The topological polar surface area (TPSA) is 91.3 Å². The Morgan fingerprint density at radius 3 is 2.50 bits per heavy atom. The van der Waals surface area contributed by atoms with Crippen molar-refractivity contribution in [2.45, 2.75) is 26.7 Å². The molecule has 4 aromatic rings. The average Bonchev–Trinajstić information content (AvgIpc) is 3.30. The summed E-state index contributed by atoms with van der Waals surface area (Å²) in [4.78, 5) is 15.3. The molecule has 0 aliphatic heterocycles. The number of nitro benzene ring substituents is 1. The molecule has 1 heterocycles. The van der Waals surface area contributed by atoms with E-state index >= 15 is 0 Å². The van der Waals surface area contributed by atoms with E-state index in [1.165, 1.54) is 6.07 Å². The predicted molar refractivity (Wildman–Crippen MR) is 122 cm³/mol. The summed E-state index contributed by atoms with van der Waals surface area (Å²) in [5.74, 6) is 1.49. The van der Waals surface area contributed by atoms with Crippen molar-refractivity contribution in [2.24, 2.45) is 0 Å². The maximum Gasteiger partial charge on any atom is 0.273 e. The molecule has 162 valence electrons. The van der Waals surface area contributed by atoms with Crippen LogP contribution in [0.4, 0.5) is 5.69 Å². The number of benzene rings is 3. The highest BCUT2D eigenvalue weighted by atomic mass is 16.6. The lowest BCUT2D eigenvalue weighted by Crippen LogP contribution is -1.97. The first kappa shape index (κ1) is 21.2. The molecule has 0 spiro atoms. The largest absolute Gasteiger partial charge is 0.494 e. The van der Waals surface area contributed by atoms with Gasteiger partial charge in [-0.1, -0.05) is 53.7 Å². The van der Waals surface area contributed by atoms with E-state index in [2.05, 4.69) is 22.3 Å². The number of hydrogen-bond donors (Lipinski definition) is 0. The van der Waals surface area contributed by atoms with E-state index in [9.17, 15) is 10.1 Å². The van der Waals surface area contributed by atoms with Gasteiger partial charge >= 0.3 is 0 Å². The second-order valence-electron chi connectivity index (χ2n) is 7.52. The lowest BCUT2D eigenvalue weighted by atomic mass is 9.96. The van der Waals surface area contributed by atoms with Crippen LogP contribution in [0.25, 0.3) is 22.5 Å². The molecule has 1 aromatic heterocycles. The molecule has 0 aliphatic carbocycles. The van der Waals surface area contributed by atoms with Crippen LogP contribution < -0.4 is 4.74 Å². The lowest BCUT2D eigenvalue weighted by Gasteiger charge is -2.10. The summed E-state index contributed by atoms with van der Waals surface area (Å²) in [6, 6.07) is 21.1. The minimum absolute atomic E-state index is 0.0324. The number of ether oxygens (including phenoxy) is 1. The summed E-state index contributed by atoms with van der Waals surface area (Å²) in [6.45, 7) is 6.28. The molecule has 0 bridgehead atoms. The van der Waals surface area contributed by atoms with Crippen molar-refractivity contribution in [2.75, 3.05) is 6.61 Å². The van der Waals surface area contributed by atoms with Gasteiger partial charge in [-0.05, 0) is 49.6 Å². The lowest BCUT2D eigenvalue weighted by molar-refractivity contribution is -0.385. The Kier molecular flexibility index (Phi) is 5.98. The fraction of sp³-hybridized carbons (Fsp3) is 0.200. The van der Waals surface area contributed by atoms with E-state index in [1.54, 1.807) is 19.1 Å². The van der Waals surface area contributed by atoms with Crippen molar-refractivity contribution in [1.82, 2.24) is 10.1 Å². The molecule has 7 heteroatoms. The average molecular weight is 429 g/mol. The Hall–Kier alpha value is -4.00. The van der Waals surface area contributed by atoms with Crippen molar-refractivity contribution < 1.29 is 14.2 Å². The van der Waals surface area contributed by atoms with Crippen molar-refractivity contribution in [3.05, 3.63) is 93.9 Å². The van der Waals surface area contributed by atoms with Crippen molar-refractivity contribution in [3.8, 4) is 28.3 Å². The summed E-state index contributed by atoms with van der Waals surface area (Å²) >= 11 is 0. The molecule has 0 amide bonds. The van der Waals surface area contributed by atoms with Crippen LogP contribution in [-0.4, -0.2) is 21.7 Å². The van der Waals surface area contributed by atoms with Gasteiger partial charge in [0.05, 0.1) is 17.4 Å². The van der Waals surface area contributed by atoms with E-state index in [-0.39, 0.29) is 11.6 Å². The highest BCUT2D eigenvalue weighted by Gasteiger charge is 2.20. The quantitative estimate of drug-likeness (QED) is 0.258. The second kappa shape index (κ2) is 9.01. The third-order valence-corrected chi connectivity index (χ3v) is 5.36. The van der Waals surface area contributed by atoms with Gasteiger partial charge in [-0.3, -0.25) is 10.1 Å². The molecule has 32 heavy (non-hydrogen) atoms. The normalized spacial score (nSPS) is 11.8.